The monoisotopic (exact) mass is 507 g/mol. The minimum absolute atomic E-state index is 0.0290. The Balaban J connectivity index is 1.18. The molecule has 0 bridgehead atoms. The summed E-state index contributed by atoms with van der Waals surface area (Å²) < 4.78 is 25.4. The van der Waals surface area contributed by atoms with E-state index in [4.69, 9.17) is 9.15 Å². The van der Waals surface area contributed by atoms with Crippen LogP contribution in [0.25, 0.3) is 11.5 Å². The Morgan fingerprint density at radius 1 is 1.08 bits per heavy atom. The predicted molar refractivity (Wildman–Crippen MR) is 140 cm³/mol. The van der Waals surface area contributed by atoms with Gasteiger partial charge in [-0.05, 0) is 81.8 Å². The van der Waals surface area contributed by atoms with E-state index in [1.807, 2.05) is 0 Å². The van der Waals surface area contributed by atoms with Crippen molar-refractivity contribution >= 4 is 17.6 Å². The fourth-order valence-corrected chi connectivity index (χ4v) is 5.35. The van der Waals surface area contributed by atoms with Crippen LogP contribution >= 0.6 is 0 Å². The highest BCUT2D eigenvalue weighted by atomic mass is 19.1. The molecule has 1 aliphatic heterocycles. The van der Waals surface area contributed by atoms with Gasteiger partial charge in [-0.1, -0.05) is 23.7 Å². The van der Waals surface area contributed by atoms with Gasteiger partial charge in [0.15, 0.2) is 0 Å². The minimum Gasteiger partial charge on any atom is -0.496 e. The number of carbonyl (C=O) groups excluding carboxylic acids is 1. The molecule has 2 aromatic carbocycles. The first-order chi connectivity index (χ1) is 18.1. The average Bonchev–Trinajstić information content (AvgIpc) is 3.38. The van der Waals surface area contributed by atoms with E-state index in [0.717, 1.165) is 18.8 Å². The van der Waals surface area contributed by atoms with E-state index < -0.39 is 11.7 Å². The van der Waals surface area contributed by atoms with Crippen molar-refractivity contribution in [2.45, 2.75) is 51.0 Å². The first-order valence-electron chi connectivity index (χ1n) is 13.2. The lowest BCUT2D eigenvalue weighted by Gasteiger charge is -2.34. The molecule has 2 N–H and O–H groups in total. The number of ether oxygens (including phenoxy) is 1. The third-order valence-electron chi connectivity index (χ3n) is 7.37. The van der Waals surface area contributed by atoms with E-state index >= 15 is 0 Å². The fraction of sp³-hybridized carbons (Fsp3) is 0.464. The number of rotatable bonds is 8. The molecule has 2 aliphatic rings. The second kappa shape index (κ2) is 11.7. The quantitative estimate of drug-likeness (QED) is 0.410. The Labute approximate surface area is 216 Å². The van der Waals surface area contributed by atoms with Crippen LogP contribution in [0.3, 0.4) is 0 Å². The van der Waals surface area contributed by atoms with Gasteiger partial charge >= 0.3 is 6.01 Å². The van der Waals surface area contributed by atoms with Crippen LogP contribution in [0.15, 0.2) is 46.9 Å². The van der Waals surface area contributed by atoms with Crippen LogP contribution < -0.4 is 15.4 Å². The summed E-state index contributed by atoms with van der Waals surface area (Å²) in [7, 11) is 1.53. The minimum atomic E-state index is -0.579. The van der Waals surface area contributed by atoms with Crippen molar-refractivity contribution in [3.05, 3.63) is 53.8 Å². The number of piperidine rings is 1. The third kappa shape index (κ3) is 6.28. The lowest BCUT2D eigenvalue weighted by Crippen LogP contribution is -2.37. The Kier molecular flexibility index (Phi) is 7.99. The molecule has 1 aromatic heterocycles. The molecular formula is C28H34FN5O3. The zero-order chi connectivity index (χ0) is 25.6. The molecule has 8 nitrogen and oxygen atoms in total. The summed E-state index contributed by atoms with van der Waals surface area (Å²) in [4.78, 5) is 15.1. The summed E-state index contributed by atoms with van der Waals surface area (Å²) in [5.41, 5.74) is 1.05. The summed E-state index contributed by atoms with van der Waals surface area (Å²) in [6, 6.07) is 11.6. The molecule has 2 heterocycles. The molecule has 1 saturated carbocycles. The smallest absolute Gasteiger partial charge is 0.315 e. The SMILES string of the molecule is COc1cc(NC(=O)c2ccccc2F)ccc1-c1nnc(N[C@H]2CC[C@H](CN3CCCCC3)CC2)o1. The number of hydrogen-bond donors (Lipinski definition) is 2. The van der Waals surface area contributed by atoms with Crippen molar-refractivity contribution in [2.75, 3.05) is 37.4 Å². The van der Waals surface area contributed by atoms with Crippen molar-refractivity contribution in [3.63, 3.8) is 0 Å². The van der Waals surface area contributed by atoms with Crippen LogP contribution in [-0.4, -0.2) is 53.8 Å². The van der Waals surface area contributed by atoms with E-state index in [9.17, 15) is 9.18 Å². The Bertz CT molecular complexity index is 1200. The van der Waals surface area contributed by atoms with Crippen LogP contribution in [0.2, 0.25) is 0 Å². The van der Waals surface area contributed by atoms with E-state index in [1.54, 1.807) is 30.3 Å². The van der Waals surface area contributed by atoms with E-state index in [1.165, 1.54) is 71.0 Å². The normalized spacial score (nSPS) is 20.4. The molecule has 0 spiro atoms. The topological polar surface area (TPSA) is 92.5 Å². The van der Waals surface area contributed by atoms with Gasteiger partial charge in [0.2, 0.25) is 0 Å². The van der Waals surface area contributed by atoms with Crippen LogP contribution in [-0.2, 0) is 0 Å². The summed E-state index contributed by atoms with van der Waals surface area (Å²) in [6.45, 7) is 3.74. The molecule has 37 heavy (non-hydrogen) atoms. The van der Waals surface area contributed by atoms with E-state index in [-0.39, 0.29) is 5.56 Å². The number of amides is 1. The van der Waals surface area contributed by atoms with Gasteiger partial charge in [0.05, 0.1) is 18.2 Å². The van der Waals surface area contributed by atoms with E-state index in [2.05, 4.69) is 25.7 Å². The number of aromatic nitrogens is 2. The number of nitrogens with zero attached hydrogens (tertiary/aromatic N) is 3. The Morgan fingerprint density at radius 3 is 2.62 bits per heavy atom. The molecule has 9 heteroatoms. The van der Waals surface area contributed by atoms with Crippen molar-refractivity contribution in [3.8, 4) is 17.2 Å². The lowest BCUT2D eigenvalue weighted by molar-refractivity contribution is 0.102. The highest BCUT2D eigenvalue weighted by Gasteiger charge is 2.25. The van der Waals surface area contributed by atoms with Crippen molar-refractivity contribution in [1.29, 1.82) is 0 Å². The van der Waals surface area contributed by atoms with Gasteiger partial charge in [-0.2, -0.15) is 0 Å². The van der Waals surface area contributed by atoms with Crippen LogP contribution in [0, 0.1) is 11.7 Å². The molecule has 0 unspecified atom stereocenters. The van der Waals surface area contributed by atoms with Crippen LogP contribution in [0.4, 0.5) is 16.1 Å². The number of likely N-dealkylation sites (tertiary alicyclic amines) is 1. The highest BCUT2D eigenvalue weighted by Crippen LogP contribution is 2.33. The van der Waals surface area contributed by atoms with E-state index in [0.29, 0.717) is 34.9 Å². The standard InChI is InChI=1S/C28H34FN5O3/c1-36-25-17-21(30-26(35)22-7-3-4-8-24(22)29)13-14-23(25)27-32-33-28(37-27)31-20-11-9-19(10-12-20)18-34-15-5-2-6-16-34/h3-4,7-8,13-14,17,19-20H,2,5-6,9-12,15-16,18H2,1H3,(H,30,35)(H,31,33)/t19-,20-. The van der Waals surface area contributed by atoms with Gasteiger partial charge in [-0.25, -0.2) is 4.39 Å². The van der Waals surface area contributed by atoms with Crippen LogP contribution in [0.5, 0.6) is 5.75 Å². The molecule has 0 radical (unpaired) electrons. The molecule has 3 aromatic rings. The zero-order valence-corrected chi connectivity index (χ0v) is 21.2. The summed E-state index contributed by atoms with van der Waals surface area (Å²) in [5, 5.41) is 14.5. The zero-order valence-electron chi connectivity index (χ0n) is 21.2. The molecule has 1 saturated heterocycles. The maximum Gasteiger partial charge on any atom is 0.315 e. The molecule has 5 rings (SSSR count). The molecule has 0 atom stereocenters. The number of benzene rings is 2. The second-order valence-corrected chi connectivity index (χ2v) is 9.98. The highest BCUT2D eigenvalue weighted by molar-refractivity contribution is 6.04. The van der Waals surface area contributed by atoms with Gasteiger partial charge in [-0.3, -0.25) is 4.79 Å². The van der Waals surface area contributed by atoms with Gasteiger partial charge in [0.1, 0.15) is 11.6 Å². The number of hydrogen-bond acceptors (Lipinski definition) is 7. The molecular weight excluding hydrogens is 473 g/mol. The summed E-state index contributed by atoms with van der Waals surface area (Å²) in [6.07, 6.45) is 8.66. The van der Waals surface area contributed by atoms with Gasteiger partial charge in [-0.15, -0.1) is 5.10 Å². The largest absolute Gasteiger partial charge is 0.496 e. The van der Waals surface area contributed by atoms with Crippen molar-refractivity contribution in [2.24, 2.45) is 5.92 Å². The van der Waals surface area contributed by atoms with Gasteiger partial charge < -0.3 is 24.7 Å². The van der Waals surface area contributed by atoms with Crippen molar-refractivity contribution in [1.82, 2.24) is 15.1 Å². The lowest BCUT2D eigenvalue weighted by atomic mass is 9.85. The average molecular weight is 508 g/mol. The fourth-order valence-electron chi connectivity index (χ4n) is 5.35. The molecule has 2 fully saturated rings. The summed E-state index contributed by atoms with van der Waals surface area (Å²) >= 11 is 0. The number of halogens is 1. The molecule has 1 amide bonds. The Hall–Kier alpha value is -3.46. The van der Waals surface area contributed by atoms with Gasteiger partial charge in [0, 0.05) is 24.3 Å². The summed E-state index contributed by atoms with van der Waals surface area (Å²) in [5.74, 6) is 0.439. The number of carbonyl (C=O) groups is 1. The molecule has 196 valence electrons. The van der Waals surface area contributed by atoms with Crippen molar-refractivity contribution < 1.29 is 18.3 Å². The first kappa shape index (κ1) is 25.2. The number of nitrogens with one attached hydrogen (secondary N) is 2. The van der Waals surface area contributed by atoms with Gasteiger partial charge in [0.25, 0.3) is 11.8 Å². The Morgan fingerprint density at radius 2 is 1.86 bits per heavy atom. The second-order valence-electron chi connectivity index (χ2n) is 9.98. The predicted octanol–water partition coefficient (Wildman–Crippen LogP) is 5.59. The number of methoxy groups -OCH3 is 1. The maximum absolute atomic E-state index is 13.9. The first-order valence-corrected chi connectivity index (χ1v) is 13.2. The number of anilines is 2. The molecule has 1 aliphatic carbocycles. The third-order valence-corrected chi connectivity index (χ3v) is 7.37. The maximum atomic E-state index is 13.9. The van der Waals surface area contributed by atoms with Crippen LogP contribution in [0.1, 0.15) is 55.3 Å².